The number of nitro benzene ring substituents is 1. The molecule has 1 rings (SSSR count). The Balaban J connectivity index is 2.92. The summed E-state index contributed by atoms with van der Waals surface area (Å²) in [4.78, 5) is 24.9. The van der Waals surface area contributed by atoms with E-state index in [-0.39, 0.29) is 22.2 Å². The van der Waals surface area contributed by atoms with Crippen LogP contribution in [0.3, 0.4) is 0 Å². The SMILES string of the molecule is CCCCCN(CCCCC)C(=O)c1cc([N+](=O)[O-])ccc1Cl. The normalized spacial score (nSPS) is 10.6. The van der Waals surface area contributed by atoms with E-state index in [9.17, 15) is 14.9 Å². The lowest BCUT2D eigenvalue weighted by Gasteiger charge is -2.23. The first-order chi connectivity index (χ1) is 11.0. The zero-order valence-electron chi connectivity index (χ0n) is 13.9. The van der Waals surface area contributed by atoms with Crippen molar-refractivity contribution in [3.8, 4) is 0 Å². The van der Waals surface area contributed by atoms with Crippen molar-refractivity contribution in [2.45, 2.75) is 52.4 Å². The lowest BCUT2D eigenvalue weighted by Crippen LogP contribution is -2.33. The maximum atomic E-state index is 12.7. The maximum absolute atomic E-state index is 12.7. The zero-order valence-corrected chi connectivity index (χ0v) is 14.6. The van der Waals surface area contributed by atoms with E-state index >= 15 is 0 Å². The first-order valence-electron chi connectivity index (χ1n) is 8.24. The summed E-state index contributed by atoms with van der Waals surface area (Å²) >= 11 is 6.09. The van der Waals surface area contributed by atoms with E-state index in [4.69, 9.17) is 11.6 Å². The Labute approximate surface area is 142 Å². The van der Waals surface area contributed by atoms with E-state index in [2.05, 4.69) is 13.8 Å². The van der Waals surface area contributed by atoms with Crippen LogP contribution in [-0.2, 0) is 0 Å². The van der Waals surface area contributed by atoms with Crippen LogP contribution in [0.2, 0.25) is 5.02 Å². The van der Waals surface area contributed by atoms with E-state index < -0.39 is 4.92 Å². The molecule has 1 aromatic carbocycles. The van der Waals surface area contributed by atoms with E-state index in [1.54, 1.807) is 4.90 Å². The topological polar surface area (TPSA) is 63.5 Å². The van der Waals surface area contributed by atoms with Gasteiger partial charge < -0.3 is 4.90 Å². The number of benzene rings is 1. The van der Waals surface area contributed by atoms with Crippen LogP contribution in [-0.4, -0.2) is 28.8 Å². The molecule has 1 amide bonds. The summed E-state index contributed by atoms with van der Waals surface area (Å²) in [5.41, 5.74) is 0.105. The number of amides is 1. The largest absolute Gasteiger partial charge is 0.339 e. The molecule has 0 aliphatic heterocycles. The highest BCUT2D eigenvalue weighted by atomic mass is 35.5. The predicted octanol–water partition coefficient (Wildman–Crippen LogP) is 5.07. The fraction of sp³-hybridized carbons (Fsp3) is 0.588. The highest BCUT2D eigenvalue weighted by Gasteiger charge is 2.20. The number of nitrogens with zero attached hydrogens (tertiary/aromatic N) is 2. The van der Waals surface area contributed by atoms with Crippen LogP contribution in [0.4, 0.5) is 5.69 Å². The number of halogens is 1. The van der Waals surface area contributed by atoms with Crippen LogP contribution >= 0.6 is 11.6 Å². The summed E-state index contributed by atoms with van der Waals surface area (Å²) < 4.78 is 0. The molecule has 6 heteroatoms. The monoisotopic (exact) mass is 340 g/mol. The van der Waals surface area contributed by atoms with Gasteiger partial charge in [0.2, 0.25) is 0 Å². The molecule has 0 unspecified atom stereocenters. The molecule has 0 fully saturated rings. The second kappa shape index (κ2) is 10.2. The molecule has 23 heavy (non-hydrogen) atoms. The molecule has 0 aliphatic rings. The van der Waals surface area contributed by atoms with Crippen LogP contribution in [0, 0.1) is 10.1 Å². The molecule has 1 aromatic rings. The Hall–Kier alpha value is -1.62. The highest BCUT2D eigenvalue weighted by Crippen LogP contribution is 2.24. The van der Waals surface area contributed by atoms with Gasteiger partial charge in [0, 0.05) is 25.2 Å². The molecule has 0 atom stereocenters. The van der Waals surface area contributed by atoms with Crippen molar-refractivity contribution >= 4 is 23.2 Å². The average molecular weight is 341 g/mol. The van der Waals surface area contributed by atoms with Crippen LogP contribution in [0.5, 0.6) is 0 Å². The third kappa shape index (κ3) is 6.18. The van der Waals surface area contributed by atoms with E-state index in [1.807, 2.05) is 0 Å². The molecule has 0 aromatic heterocycles. The van der Waals surface area contributed by atoms with Crippen molar-refractivity contribution in [2.24, 2.45) is 0 Å². The Kier molecular flexibility index (Phi) is 8.62. The van der Waals surface area contributed by atoms with Crippen molar-refractivity contribution in [1.82, 2.24) is 4.90 Å². The first kappa shape index (κ1) is 19.4. The number of hydrogen-bond acceptors (Lipinski definition) is 3. The lowest BCUT2D eigenvalue weighted by atomic mass is 10.1. The quantitative estimate of drug-likeness (QED) is 0.339. The molecule has 5 nitrogen and oxygen atoms in total. The van der Waals surface area contributed by atoms with Gasteiger partial charge in [-0.3, -0.25) is 14.9 Å². The smallest absolute Gasteiger partial charge is 0.270 e. The first-order valence-corrected chi connectivity index (χ1v) is 8.62. The summed E-state index contributed by atoms with van der Waals surface area (Å²) in [5, 5.41) is 11.2. The van der Waals surface area contributed by atoms with Crippen molar-refractivity contribution in [2.75, 3.05) is 13.1 Å². The molecule has 0 saturated carbocycles. The minimum Gasteiger partial charge on any atom is -0.339 e. The Morgan fingerprint density at radius 3 is 2.17 bits per heavy atom. The van der Waals surface area contributed by atoms with Gasteiger partial charge in [0.1, 0.15) is 0 Å². The zero-order chi connectivity index (χ0) is 17.2. The third-order valence-electron chi connectivity index (χ3n) is 3.74. The van der Waals surface area contributed by atoms with Gasteiger partial charge in [-0.2, -0.15) is 0 Å². The third-order valence-corrected chi connectivity index (χ3v) is 4.07. The Morgan fingerprint density at radius 2 is 1.70 bits per heavy atom. The summed E-state index contributed by atoms with van der Waals surface area (Å²) in [6, 6.07) is 4.01. The predicted molar refractivity (Wildman–Crippen MR) is 93.1 cm³/mol. The van der Waals surface area contributed by atoms with Crippen LogP contribution in [0.15, 0.2) is 18.2 Å². The standard InChI is InChI=1S/C17H25ClN2O3/c1-3-5-7-11-19(12-8-6-4-2)17(21)15-13-14(20(22)23)9-10-16(15)18/h9-10,13H,3-8,11-12H2,1-2H3. The number of rotatable bonds is 10. The van der Waals surface area contributed by atoms with Crippen molar-refractivity contribution in [1.29, 1.82) is 0 Å². The Morgan fingerprint density at radius 1 is 1.13 bits per heavy atom. The summed E-state index contributed by atoms with van der Waals surface area (Å²) in [6.07, 6.45) is 6.13. The fourth-order valence-electron chi connectivity index (χ4n) is 2.38. The lowest BCUT2D eigenvalue weighted by molar-refractivity contribution is -0.384. The van der Waals surface area contributed by atoms with Gasteiger partial charge in [-0.1, -0.05) is 51.1 Å². The van der Waals surface area contributed by atoms with Crippen molar-refractivity contribution in [3.05, 3.63) is 38.9 Å². The minimum absolute atomic E-state index is 0.111. The molecular formula is C17H25ClN2O3. The van der Waals surface area contributed by atoms with Gasteiger partial charge in [0.15, 0.2) is 0 Å². The molecule has 0 spiro atoms. The van der Waals surface area contributed by atoms with Gasteiger partial charge in [-0.25, -0.2) is 0 Å². The summed E-state index contributed by atoms with van der Waals surface area (Å²) in [6.45, 7) is 5.55. The second-order valence-electron chi connectivity index (χ2n) is 5.63. The molecule has 0 saturated heterocycles. The highest BCUT2D eigenvalue weighted by molar-refractivity contribution is 6.33. The average Bonchev–Trinajstić information content (AvgIpc) is 2.53. The molecule has 0 radical (unpaired) electrons. The van der Waals surface area contributed by atoms with Crippen molar-refractivity contribution < 1.29 is 9.72 Å². The van der Waals surface area contributed by atoms with Crippen molar-refractivity contribution in [3.63, 3.8) is 0 Å². The number of nitro groups is 1. The molecule has 0 aliphatic carbocycles. The fourth-order valence-corrected chi connectivity index (χ4v) is 2.58. The number of carbonyl (C=O) groups excluding carboxylic acids is 1. The number of non-ortho nitro benzene ring substituents is 1. The minimum atomic E-state index is -0.508. The van der Waals surface area contributed by atoms with Gasteiger partial charge in [0.25, 0.3) is 11.6 Å². The van der Waals surface area contributed by atoms with Crippen LogP contribution in [0.1, 0.15) is 62.7 Å². The van der Waals surface area contributed by atoms with E-state index in [0.29, 0.717) is 13.1 Å². The molecular weight excluding hydrogens is 316 g/mol. The number of hydrogen-bond donors (Lipinski definition) is 0. The number of unbranched alkanes of at least 4 members (excludes halogenated alkanes) is 4. The van der Waals surface area contributed by atoms with E-state index in [1.165, 1.54) is 18.2 Å². The molecule has 128 valence electrons. The summed E-state index contributed by atoms with van der Waals surface area (Å²) in [7, 11) is 0. The van der Waals surface area contributed by atoms with Crippen LogP contribution < -0.4 is 0 Å². The molecule has 0 N–H and O–H groups in total. The van der Waals surface area contributed by atoms with Gasteiger partial charge in [-0.05, 0) is 18.9 Å². The molecule has 0 bridgehead atoms. The second-order valence-corrected chi connectivity index (χ2v) is 6.03. The Bertz CT molecular complexity index is 525. The van der Waals surface area contributed by atoms with Gasteiger partial charge >= 0.3 is 0 Å². The molecule has 0 heterocycles. The van der Waals surface area contributed by atoms with E-state index in [0.717, 1.165) is 38.5 Å². The number of carbonyl (C=O) groups is 1. The van der Waals surface area contributed by atoms with Crippen LogP contribution in [0.25, 0.3) is 0 Å². The van der Waals surface area contributed by atoms with Gasteiger partial charge in [0.05, 0.1) is 15.5 Å². The van der Waals surface area contributed by atoms with Gasteiger partial charge in [-0.15, -0.1) is 0 Å². The maximum Gasteiger partial charge on any atom is 0.270 e. The summed E-state index contributed by atoms with van der Waals surface area (Å²) in [5.74, 6) is -0.217.